The van der Waals surface area contributed by atoms with E-state index in [0.29, 0.717) is 34.6 Å². The van der Waals surface area contributed by atoms with Gasteiger partial charge in [-0.05, 0) is 37.2 Å². The molecule has 1 fully saturated rings. The highest BCUT2D eigenvalue weighted by atomic mass is 32.1. The molecule has 2 N–H and O–H groups in total. The summed E-state index contributed by atoms with van der Waals surface area (Å²) in [6.07, 6.45) is 2.28. The highest BCUT2D eigenvalue weighted by molar-refractivity contribution is 7.80. The van der Waals surface area contributed by atoms with Crippen LogP contribution in [0.1, 0.15) is 12.8 Å². The summed E-state index contributed by atoms with van der Waals surface area (Å²) in [5.41, 5.74) is 0. The molecule has 114 valence electrons. The van der Waals surface area contributed by atoms with Gasteiger partial charge in [0.2, 0.25) is 17.7 Å². The summed E-state index contributed by atoms with van der Waals surface area (Å²) in [4.78, 5) is 8.50. The average molecular weight is 316 g/mol. The van der Waals surface area contributed by atoms with Crippen molar-refractivity contribution < 1.29 is 9.47 Å². The molecule has 0 spiro atoms. The Hall–Kier alpha value is -2.41. The number of anilines is 1. The molecule has 1 aromatic carbocycles. The number of nitrogens with zero attached hydrogens (tertiary/aromatic N) is 2. The zero-order valence-electron chi connectivity index (χ0n) is 12.1. The zero-order chi connectivity index (χ0) is 15.4. The van der Waals surface area contributed by atoms with Crippen LogP contribution in [0.5, 0.6) is 17.5 Å². The van der Waals surface area contributed by atoms with E-state index in [9.17, 15) is 0 Å². The molecule has 0 radical (unpaired) electrons. The maximum atomic E-state index is 5.70. The fourth-order valence-corrected chi connectivity index (χ4v) is 2.03. The molecular weight excluding hydrogens is 300 g/mol. The number of thiocarbonyl (C=S) groups is 1. The zero-order valence-corrected chi connectivity index (χ0v) is 12.9. The minimum Gasteiger partial charge on any atom is -0.481 e. The van der Waals surface area contributed by atoms with Crippen LogP contribution in [0.25, 0.3) is 0 Å². The summed E-state index contributed by atoms with van der Waals surface area (Å²) in [5.74, 6) is 1.81. The van der Waals surface area contributed by atoms with Crippen molar-refractivity contribution in [1.82, 2.24) is 15.3 Å². The predicted octanol–water partition coefficient (Wildman–Crippen LogP) is 2.73. The van der Waals surface area contributed by atoms with Crippen molar-refractivity contribution in [2.45, 2.75) is 18.9 Å². The average Bonchev–Trinajstić information content (AvgIpc) is 3.31. The normalized spacial score (nSPS) is 13.3. The minimum atomic E-state index is 0.337. The first kappa shape index (κ1) is 14.5. The number of para-hydroxylation sites is 1. The third-order valence-electron chi connectivity index (χ3n) is 2.99. The third-order valence-corrected chi connectivity index (χ3v) is 3.21. The Labute approximate surface area is 133 Å². The van der Waals surface area contributed by atoms with E-state index in [1.807, 2.05) is 30.3 Å². The number of aromatic nitrogens is 2. The number of hydrogen-bond acceptors (Lipinski definition) is 5. The fraction of sp³-hybridized carbons (Fsp3) is 0.267. The van der Waals surface area contributed by atoms with Crippen molar-refractivity contribution in [2.75, 3.05) is 12.4 Å². The number of benzene rings is 1. The predicted molar refractivity (Wildman–Crippen MR) is 87.5 cm³/mol. The van der Waals surface area contributed by atoms with E-state index in [4.69, 9.17) is 21.7 Å². The van der Waals surface area contributed by atoms with Crippen molar-refractivity contribution >= 4 is 23.3 Å². The van der Waals surface area contributed by atoms with Crippen LogP contribution < -0.4 is 20.1 Å². The van der Waals surface area contributed by atoms with Gasteiger partial charge in [0.15, 0.2) is 5.11 Å². The number of methoxy groups -OCH3 is 1. The summed E-state index contributed by atoms with van der Waals surface area (Å²) in [6, 6.07) is 11.5. The van der Waals surface area contributed by atoms with E-state index < -0.39 is 0 Å². The molecule has 1 heterocycles. The summed E-state index contributed by atoms with van der Waals surface area (Å²) in [5, 5.41) is 6.62. The van der Waals surface area contributed by atoms with E-state index >= 15 is 0 Å². The first-order valence-corrected chi connectivity index (χ1v) is 7.37. The molecule has 0 atom stereocenters. The first-order valence-electron chi connectivity index (χ1n) is 6.96. The lowest BCUT2D eigenvalue weighted by Crippen LogP contribution is -2.30. The van der Waals surface area contributed by atoms with E-state index in [1.54, 1.807) is 13.2 Å². The van der Waals surface area contributed by atoms with Crippen LogP contribution >= 0.6 is 12.2 Å². The Bertz CT molecular complexity index is 662. The quantitative estimate of drug-likeness (QED) is 0.822. The molecule has 0 bridgehead atoms. The SMILES string of the molecule is COc1cc(Oc2ccccc2)nc(NC(=S)NC2CC2)n1. The topological polar surface area (TPSA) is 68.3 Å². The van der Waals surface area contributed by atoms with Gasteiger partial charge in [0.05, 0.1) is 13.2 Å². The molecule has 6 nitrogen and oxygen atoms in total. The van der Waals surface area contributed by atoms with E-state index in [-0.39, 0.29) is 0 Å². The van der Waals surface area contributed by atoms with Crippen molar-refractivity contribution in [3.8, 4) is 17.5 Å². The number of ether oxygens (including phenoxy) is 2. The summed E-state index contributed by atoms with van der Waals surface area (Å²) < 4.78 is 10.9. The maximum Gasteiger partial charge on any atom is 0.235 e. The monoisotopic (exact) mass is 316 g/mol. The fourth-order valence-electron chi connectivity index (χ4n) is 1.78. The van der Waals surface area contributed by atoms with Crippen molar-refractivity contribution in [1.29, 1.82) is 0 Å². The van der Waals surface area contributed by atoms with Gasteiger partial charge in [-0.25, -0.2) is 0 Å². The number of hydrogen-bond donors (Lipinski definition) is 2. The summed E-state index contributed by atoms with van der Waals surface area (Å²) in [7, 11) is 1.54. The van der Waals surface area contributed by atoms with Crippen molar-refractivity contribution in [3.63, 3.8) is 0 Å². The van der Waals surface area contributed by atoms with Crippen LogP contribution in [-0.4, -0.2) is 28.2 Å². The standard InChI is InChI=1S/C15H16N4O2S/c1-20-12-9-13(21-11-5-3-2-4-6-11)18-14(17-12)19-15(22)16-10-7-8-10/h2-6,9-10H,7-8H2,1H3,(H2,16,17,18,19,22). The Balaban J connectivity index is 1.74. The second-order valence-electron chi connectivity index (χ2n) is 4.86. The Morgan fingerprint density at radius 1 is 1.18 bits per heavy atom. The Morgan fingerprint density at radius 2 is 1.91 bits per heavy atom. The van der Waals surface area contributed by atoms with Gasteiger partial charge in [0.25, 0.3) is 0 Å². The molecule has 2 aromatic rings. The maximum absolute atomic E-state index is 5.70. The molecule has 0 aliphatic heterocycles. The van der Waals surface area contributed by atoms with Crippen LogP contribution in [0.3, 0.4) is 0 Å². The molecule has 1 saturated carbocycles. The second kappa shape index (κ2) is 6.57. The summed E-state index contributed by atoms with van der Waals surface area (Å²) >= 11 is 5.22. The Morgan fingerprint density at radius 3 is 2.59 bits per heavy atom. The van der Waals surface area contributed by atoms with Crippen LogP contribution in [0, 0.1) is 0 Å². The lowest BCUT2D eigenvalue weighted by molar-refractivity contribution is 0.389. The highest BCUT2D eigenvalue weighted by Crippen LogP contribution is 2.24. The van der Waals surface area contributed by atoms with Crippen LogP contribution in [-0.2, 0) is 0 Å². The van der Waals surface area contributed by atoms with Gasteiger partial charge in [0, 0.05) is 6.04 Å². The first-order chi connectivity index (χ1) is 10.7. The molecule has 1 aliphatic carbocycles. The molecule has 1 aliphatic rings. The Kier molecular flexibility index (Phi) is 4.34. The van der Waals surface area contributed by atoms with Gasteiger partial charge in [-0.15, -0.1) is 0 Å². The smallest absolute Gasteiger partial charge is 0.235 e. The molecular formula is C15H16N4O2S. The number of rotatable bonds is 5. The van der Waals surface area contributed by atoms with Crippen LogP contribution in [0.4, 0.5) is 5.95 Å². The third kappa shape index (κ3) is 4.05. The molecule has 0 amide bonds. The van der Waals surface area contributed by atoms with Gasteiger partial charge in [-0.1, -0.05) is 18.2 Å². The molecule has 7 heteroatoms. The van der Waals surface area contributed by atoms with Gasteiger partial charge in [-0.2, -0.15) is 9.97 Å². The van der Waals surface area contributed by atoms with Crippen LogP contribution in [0.2, 0.25) is 0 Å². The van der Waals surface area contributed by atoms with Gasteiger partial charge in [-0.3, -0.25) is 0 Å². The van der Waals surface area contributed by atoms with Crippen molar-refractivity contribution in [2.24, 2.45) is 0 Å². The van der Waals surface area contributed by atoms with E-state index in [1.165, 1.54) is 0 Å². The molecule has 0 saturated heterocycles. The van der Waals surface area contributed by atoms with Gasteiger partial charge in [0.1, 0.15) is 5.75 Å². The van der Waals surface area contributed by atoms with Gasteiger partial charge >= 0.3 is 0 Å². The lowest BCUT2D eigenvalue weighted by Gasteiger charge is -2.11. The van der Waals surface area contributed by atoms with Gasteiger partial charge < -0.3 is 20.1 Å². The lowest BCUT2D eigenvalue weighted by atomic mass is 10.3. The molecule has 3 rings (SSSR count). The van der Waals surface area contributed by atoms with E-state index in [0.717, 1.165) is 12.8 Å². The van der Waals surface area contributed by atoms with Crippen LogP contribution in [0.15, 0.2) is 36.4 Å². The van der Waals surface area contributed by atoms with Crippen molar-refractivity contribution in [3.05, 3.63) is 36.4 Å². The largest absolute Gasteiger partial charge is 0.481 e. The number of nitrogens with one attached hydrogen (secondary N) is 2. The molecule has 22 heavy (non-hydrogen) atoms. The molecule has 1 aromatic heterocycles. The second-order valence-corrected chi connectivity index (χ2v) is 5.27. The summed E-state index contributed by atoms with van der Waals surface area (Å²) in [6.45, 7) is 0. The van der Waals surface area contributed by atoms with E-state index in [2.05, 4.69) is 20.6 Å². The minimum absolute atomic E-state index is 0.337. The highest BCUT2D eigenvalue weighted by Gasteiger charge is 2.22. The molecule has 0 unspecified atom stereocenters.